The van der Waals surface area contributed by atoms with Gasteiger partial charge < -0.3 is 20.1 Å². The number of benzene rings is 2. The van der Waals surface area contributed by atoms with Crippen LogP contribution in [0.5, 0.6) is 11.5 Å². The van der Waals surface area contributed by atoms with Crippen molar-refractivity contribution in [3.8, 4) is 11.5 Å². The molecule has 8 heteroatoms. The largest absolute Gasteiger partial charge is 0.497 e. The van der Waals surface area contributed by atoms with Crippen molar-refractivity contribution >= 4 is 40.5 Å². The topological polar surface area (TPSA) is 88.7 Å². The summed E-state index contributed by atoms with van der Waals surface area (Å²) in [4.78, 5) is 24.2. The number of amides is 2. The summed E-state index contributed by atoms with van der Waals surface area (Å²) < 4.78 is 10.4. The molecule has 2 amide bonds. The molecular weight excluding hydrogens is 378 g/mol. The van der Waals surface area contributed by atoms with Crippen LogP contribution >= 0.6 is 12.2 Å². The minimum Gasteiger partial charge on any atom is -0.497 e. The van der Waals surface area contributed by atoms with E-state index in [2.05, 4.69) is 16.0 Å². The molecule has 0 fully saturated rings. The van der Waals surface area contributed by atoms with Gasteiger partial charge >= 0.3 is 0 Å². The fourth-order valence-electron chi connectivity index (χ4n) is 2.44. The summed E-state index contributed by atoms with van der Waals surface area (Å²) in [5, 5.41) is 8.48. The second-order valence-electron chi connectivity index (χ2n) is 5.85. The van der Waals surface area contributed by atoms with E-state index in [4.69, 9.17) is 21.7 Å². The minimum atomic E-state index is -0.413. The van der Waals surface area contributed by atoms with Gasteiger partial charge in [0.1, 0.15) is 11.5 Å². The van der Waals surface area contributed by atoms with Crippen LogP contribution in [0.4, 0.5) is 11.4 Å². The molecule has 0 aliphatic rings. The Labute approximate surface area is 169 Å². The normalized spacial score (nSPS) is 9.96. The monoisotopic (exact) mass is 401 g/mol. The summed E-state index contributed by atoms with van der Waals surface area (Å²) in [6.07, 6.45) is 1.23. The summed E-state index contributed by atoms with van der Waals surface area (Å²) in [6, 6.07) is 12.0. The quantitative estimate of drug-likeness (QED) is 0.615. The lowest BCUT2D eigenvalue weighted by molar-refractivity contribution is -0.116. The number of carbonyl (C=O) groups is 2. The second-order valence-corrected chi connectivity index (χ2v) is 6.26. The van der Waals surface area contributed by atoms with Gasteiger partial charge in [-0.15, -0.1) is 0 Å². The molecule has 0 bridgehead atoms. The number of thiocarbonyl (C=S) groups is 1. The highest BCUT2D eigenvalue weighted by Crippen LogP contribution is 2.24. The number of rotatable bonds is 7. The first-order valence-electron chi connectivity index (χ1n) is 8.71. The van der Waals surface area contributed by atoms with Crippen LogP contribution in [0.2, 0.25) is 0 Å². The Morgan fingerprint density at radius 1 is 1.00 bits per heavy atom. The number of anilines is 2. The molecular formula is C20H23N3O4S. The summed E-state index contributed by atoms with van der Waals surface area (Å²) in [7, 11) is 3.01. The van der Waals surface area contributed by atoms with E-state index in [1.165, 1.54) is 14.2 Å². The van der Waals surface area contributed by atoms with Gasteiger partial charge in [-0.1, -0.05) is 13.0 Å². The zero-order valence-electron chi connectivity index (χ0n) is 16.0. The van der Waals surface area contributed by atoms with E-state index < -0.39 is 5.91 Å². The molecule has 0 radical (unpaired) electrons. The van der Waals surface area contributed by atoms with Crippen LogP contribution in [0.3, 0.4) is 0 Å². The molecule has 2 aromatic carbocycles. The van der Waals surface area contributed by atoms with Crippen LogP contribution in [0.25, 0.3) is 0 Å². The summed E-state index contributed by atoms with van der Waals surface area (Å²) in [6.45, 7) is 1.94. The standard InChI is InChI=1S/C20H23N3O4S/c1-4-6-18(24)21-13-7-5-8-14(11-13)22-20(28)23-19(25)16-10-9-15(26-2)12-17(16)27-3/h5,7-12H,4,6H2,1-3H3,(H,21,24)(H2,22,23,25,28). The number of carbonyl (C=O) groups excluding carboxylic acids is 2. The van der Waals surface area contributed by atoms with Crippen molar-refractivity contribution in [2.24, 2.45) is 0 Å². The van der Waals surface area contributed by atoms with Crippen LogP contribution in [-0.4, -0.2) is 31.1 Å². The van der Waals surface area contributed by atoms with Crippen molar-refractivity contribution in [1.29, 1.82) is 0 Å². The highest BCUT2D eigenvalue weighted by molar-refractivity contribution is 7.80. The number of hydrogen-bond donors (Lipinski definition) is 3. The Morgan fingerprint density at radius 2 is 1.71 bits per heavy atom. The van der Waals surface area contributed by atoms with Crippen molar-refractivity contribution in [3.05, 3.63) is 48.0 Å². The van der Waals surface area contributed by atoms with Gasteiger partial charge in [0.25, 0.3) is 5.91 Å². The third-order valence-corrected chi connectivity index (χ3v) is 3.97. The zero-order chi connectivity index (χ0) is 20.5. The average Bonchev–Trinajstić information content (AvgIpc) is 2.67. The molecule has 0 aliphatic carbocycles. The van der Waals surface area contributed by atoms with Crippen LogP contribution in [0, 0.1) is 0 Å². The molecule has 2 rings (SSSR count). The number of hydrogen-bond acceptors (Lipinski definition) is 5. The van der Waals surface area contributed by atoms with E-state index in [0.717, 1.165) is 6.42 Å². The van der Waals surface area contributed by atoms with Crippen molar-refractivity contribution in [3.63, 3.8) is 0 Å². The van der Waals surface area contributed by atoms with Gasteiger partial charge in [-0.05, 0) is 49.0 Å². The Kier molecular flexibility index (Phi) is 7.76. The molecule has 0 unspecified atom stereocenters. The van der Waals surface area contributed by atoms with Gasteiger partial charge in [0, 0.05) is 23.9 Å². The van der Waals surface area contributed by atoms with Crippen molar-refractivity contribution < 1.29 is 19.1 Å². The highest BCUT2D eigenvalue weighted by atomic mass is 32.1. The Hall–Kier alpha value is -3.13. The molecule has 0 aliphatic heterocycles. The maximum absolute atomic E-state index is 12.5. The molecule has 7 nitrogen and oxygen atoms in total. The number of ether oxygens (including phenoxy) is 2. The van der Waals surface area contributed by atoms with Crippen LogP contribution in [0.15, 0.2) is 42.5 Å². The lowest BCUT2D eigenvalue weighted by atomic mass is 10.2. The summed E-state index contributed by atoms with van der Waals surface area (Å²) >= 11 is 5.22. The molecule has 2 aromatic rings. The first kappa shape index (κ1) is 21.2. The van der Waals surface area contributed by atoms with E-state index in [-0.39, 0.29) is 11.0 Å². The second kappa shape index (κ2) is 10.3. The summed E-state index contributed by atoms with van der Waals surface area (Å²) in [5.41, 5.74) is 1.61. The van der Waals surface area contributed by atoms with E-state index in [1.54, 1.807) is 42.5 Å². The third-order valence-electron chi connectivity index (χ3n) is 3.76. The number of nitrogens with one attached hydrogen (secondary N) is 3. The highest BCUT2D eigenvalue weighted by Gasteiger charge is 2.15. The maximum atomic E-state index is 12.5. The van der Waals surface area contributed by atoms with Crippen molar-refractivity contribution in [1.82, 2.24) is 5.32 Å². The molecule has 28 heavy (non-hydrogen) atoms. The minimum absolute atomic E-state index is 0.0536. The fraction of sp³-hybridized carbons (Fsp3) is 0.250. The van der Waals surface area contributed by atoms with Gasteiger partial charge in [-0.2, -0.15) is 0 Å². The van der Waals surface area contributed by atoms with Crippen LogP contribution in [-0.2, 0) is 4.79 Å². The first-order chi connectivity index (χ1) is 13.5. The fourth-order valence-corrected chi connectivity index (χ4v) is 2.65. The maximum Gasteiger partial charge on any atom is 0.261 e. The molecule has 0 saturated heterocycles. The van der Waals surface area contributed by atoms with Crippen LogP contribution in [0.1, 0.15) is 30.1 Å². The molecule has 148 valence electrons. The van der Waals surface area contributed by atoms with Crippen LogP contribution < -0.4 is 25.4 Å². The predicted molar refractivity (Wildman–Crippen MR) is 113 cm³/mol. The lowest BCUT2D eigenvalue weighted by Gasteiger charge is -2.13. The van der Waals surface area contributed by atoms with Gasteiger partial charge in [0.2, 0.25) is 5.91 Å². The van der Waals surface area contributed by atoms with E-state index in [1.807, 2.05) is 6.92 Å². The van der Waals surface area contributed by atoms with Gasteiger partial charge in [-0.25, -0.2) is 0 Å². The number of methoxy groups -OCH3 is 2. The van der Waals surface area contributed by atoms with Gasteiger partial charge in [0.05, 0.1) is 19.8 Å². The van der Waals surface area contributed by atoms with Gasteiger partial charge in [0.15, 0.2) is 5.11 Å². The third kappa shape index (κ3) is 5.95. The molecule has 0 atom stereocenters. The molecule has 0 spiro atoms. The molecule has 0 saturated carbocycles. The molecule has 0 aromatic heterocycles. The van der Waals surface area contributed by atoms with Crippen molar-refractivity contribution in [2.75, 3.05) is 24.9 Å². The molecule has 3 N–H and O–H groups in total. The van der Waals surface area contributed by atoms with E-state index in [0.29, 0.717) is 34.9 Å². The predicted octanol–water partition coefficient (Wildman–Crippen LogP) is 3.57. The van der Waals surface area contributed by atoms with Crippen molar-refractivity contribution in [2.45, 2.75) is 19.8 Å². The SMILES string of the molecule is CCCC(=O)Nc1cccc(NC(=S)NC(=O)c2ccc(OC)cc2OC)c1. The van der Waals surface area contributed by atoms with E-state index in [9.17, 15) is 9.59 Å². The average molecular weight is 401 g/mol. The lowest BCUT2D eigenvalue weighted by Crippen LogP contribution is -2.34. The Balaban J connectivity index is 2.02. The summed E-state index contributed by atoms with van der Waals surface area (Å²) in [5.74, 6) is 0.489. The van der Waals surface area contributed by atoms with E-state index >= 15 is 0 Å². The zero-order valence-corrected chi connectivity index (χ0v) is 16.8. The Bertz CT molecular complexity index is 870. The van der Waals surface area contributed by atoms with Gasteiger partial charge in [-0.3, -0.25) is 14.9 Å². The molecule has 0 heterocycles. The first-order valence-corrected chi connectivity index (χ1v) is 9.12. The smallest absolute Gasteiger partial charge is 0.261 e. The Morgan fingerprint density at radius 3 is 2.36 bits per heavy atom.